The summed E-state index contributed by atoms with van der Waals surface area (Å²) < 4.78 is 32.1. The number of benzene rings is 1. The summed E-state index contributed by atoms with van der Waals surface area (Å²) in [5, 5.41) is 7.05. The van der Waals surface area contributed by atoms with Crippen LogP contribution in [0.15, 0.2) is 33.7 Å². The first kappa shape index (κ1) is 18.9. The molecule has 0 aliphatic heterocycles. The molecule has 7 nitrogen and oxygen atoms in total. The molecule has 0 amide bonds. The molecule has 2 N–H and O–H groups in total. The van der Waals surface area contributed by atoms with E-state index in [0.717, 1.165) is 12.8 Å². The van der Waals surface area contributed by atoms with E-state index in [4.69, 9.17) is 4.52 Å². The highest BCUT2D eigenvalue weighted by Crippen LogP contribution is 2.24. The molecule has 1 aliphatic carbocycles. The number of halogens is 1. The third kappa shape index (κ3) is 4.54. The summed E-state index contributed by atoms with van der Waals surface area (Å²) in [7, 11) is -1.56. The van der Waals surface area contributed by atoms with Gasteiger partial charge >= 0.3 is 0 Å². The second-order valence-electron chi connectivity index (χ2n) is 5.83. The smallest absolute Gasteiger partial charge is 0.257 e. The molecule has 1 fully saturated rings. The van der Waals surface area contributed by atoms with E-state index in [1.165, 1.54) is 0 Å². The zero-order chi connectivity index (χ0) is 16.4. The number of rotatable bonds is 7. The van der Waals surface area contributed by atoms with Crippen molar-refractivity contribution in [3.05, 3.63) is 30.1 Å². The number of hydrogen-bond donors (Lipinski definition) is 2. The quantitative estimate of drug-likeness (QED) is 0.768. The van der Waals surface area contributed by atoms with Crippen molar-refractivity contribution in [3.8, 4) is 11.5 Å². The van der Waals surface area contributed by atoms with Gasteiger partial charge in [-0.3, -0.25) is 0 Å². The van der Waals surface area contributed by atoms with Crippen LogP contribution in [0.4, 0.5) is 0 Å². The lowest BCUT2D eigenvalue weighted by atomic mass is 10.2. The van der Waals surface area contributed by atoms with E-state index >= 15 is 0 Å². The summed E-state index contributed by atoms with van der Waals surface area (Å²) in [6.45, 7) is 2.03. The molecule has 0 spiro atoms. The molecule has 0 saturated heterocycles. The van der Waals surface area contributed by atoms with Crippen LogP contribution >= 0.6 is 12.4 Å². The Morgan fingerprint density at radius 1 is 1.29 bits per heavy atom. The summed E-state index contributed by atoms with van der Waals surface area (Å²) in [6, 6.07) is 6.81. The van der Waals surface area contributed by atoms with Crippen molar-refractivity contribution >= 4 is 22.4 Å². The predicted molar refractivity (Wildman–Crippen MR) is 92.6 cm³/mol. The fourth-order valence-corrected chi connectivity index (χ4v) is 3.40. The van der Waals surface area contributed by atoms with E-state index in [9.17, 15) is 8.42 Å². The third-order valence-electron chi connectivity index (χ3n) is 3.76. The largest absolute Gasteiger partial charge is 0.334 e. The van der Waals surface area contributed by atoms with E-state index in [0.29, 0.717) is 23.7 Å². The highest BCUT2D eigenvalue weighted by Gasteiger charge is 2.27. The van der Waals surface area contributed by atoms with Gasteiger partial charge < -0.3 is 9.84 Å². The molecule has 2 aromatic rings. The van der Waals surface area contributed by atoms with E-state index in [-0.39, 0.29) is 29.4 Å². The van der Waals surface area contributed by atoms with Gasteiger partial charge in [0.15, 0.2) is 5.82 Å². The second-order valence-corrected chi connectivity index (χ2v) is 7.54. The van der Waals surface area contributed by atoms with Crippen LogP contribution in [-0.2, 0) is 16.4 Å². The minimum absolute atomic E-state index is 0. The summed E-state index contributed by atoms with van der Waals surface area (Å²) in [5.74, 6) is 1.01. The average molecular weight is 373 g/mol. The molecule has 1 aromatic carbocycles. The molecule has 0 radical (unpaired) electrons. The van der Waals surface area contributed by atoms with Crippen molar-refractivity contribution < 1.29 is 12.9 Å². The van der Waals surface area contributed by atoms with Gasteiger partial charge in [-0.1, -0.05) is 5.16 Å². The van der Waals surface area contributed by atoms with Crippen LogP contribution in [0.3, 0.4) is 0 Å². The Labute approximate surface area is 147 Å². The molecule has 9 heteroatoms. The van der Waals surface area contributed by atoms with Gasteiger partial charge in [0.25, 0.3) is 5.89 Å². The van der Waals surface area contributed by atoms with Gasteiger partial charge in [0.1, 0.15) is 0 Å². The Hall–Kier alpha value is -1.48. The lowest BCUT2D eigenvalue weighted by Crippen LogP contribution is -2.25. The predicted octanol–water partition coefficient (Wildman–Crippen LogP) is 1.75. The molecule has 1 unspecified atom stereocenters. The van der Waals surface area contributed by atoms with Gasteiger partial charge in [0.2, 0.25) is 10.0 Å². The number of sulfonamides is 1. The fourth-order valence-electron chi connectivity index (χ4n) is 2.10. The van der Waals surface area contributed by atoms with Crippen molar-refractivity contribution in [2.45, 2.75) is 43.2 Å². The minimum Gasteiger partial charge on any atom is -0.334 e. The molecule has 1 heterocycles. The summed E-state index contributed by atoms with van der Waals surface area (Å²) >= 11 is 0. The van der Waals surface area contributed by atoms with E-state index < -0.39 is 10.0 Å². The van der Waals surface area contributed by atoms with Crippen molar-refractivity contribution in [1.82, 2.24) is 20.2 Å². The van der Waals surface area contributed by atoms with Crippen molar-refractivity contribution in [1.29, 1.82) is 0 Å². The number of aromatic nitrogens is 2. The Morgan fingerprint density at radius 3 is 2.54 bits per heavy atom. The summed E-state index contributed by atoms with van der Waals surface area (Å²) in [4.78, 5) is 4.58. The van der Waals surface area contributed by atoms with Crippen LogP contribution in [-0.4, -0.2) is 37.7 Å². The maximum absolute atomic E-state index is 12.1. The van der Waals surface area contributed by atoms with Gasteiger partial charge in [0.05, 0.1) is 4.90 Å². The van der Waals surface area contributed by atoms with Crippen LogP contribution in [0.2, 0.25) is 0 Å². The first-order valence-corrected chi connectivity index (χ1v) is 9.09. The van der Waals surface area contributed by atoms with Crippen LogP contribution in [0.5, 0.6) is 0 Å². The van der Waals surface area contributed by atoms with Gasteiger partial charge in [-0.15, -0.1) is 12.4 Å². The van der Waals surface area contributed by atoms with Crippen molar-refractivity contribution in [3.63, 3.8) is 0 Å². The van der Waals surface area contributed by atoms with Crippen LogP contribution in [0, 0.1) is 0 Å². The lowest BCUT2D eigenvalue weighted by molar-refractivity contribution is 0.418. The van der Waals surface area contributed by atoms with Crippen LogP contribution < -0.4 is 10.0 Å². The maximum Gasteiger partial charge on any atom is 0.257 e. The summed E-state index contributed by atoms with van der Waals surface area (Å²) in [5.41, 5.74) is 0.700. The molecule has 3 rings (SSSR count). The van der Waals surface area contributed by atoms with E-state index in [2.05, 4.69) is 20.2 Å². The SMILES string of the molecule is CNC(C)Cc1noc(-c2ccc(S(=O)(=O)NC3CC3)cc2)n1.Cl. The monoisotopic (exact) mass is 372 g/mol. The molecule has 1 aliphatic rings. The maximum atomic E-state index is 12.1. The first-order valence-electron chi connectivity index (χ1n) is 7.60. The zero-order valence-corrected chi connectivity index (χ0v) is 15.2. The normalized spacial score (nSPS) is 15.8. The van der Waals surface area contributed by atoms with E-state index in [1.54, 1.807) is 24.3 Å². The molecular formula is C15H21ClN4O3S. The Kier molecular flexibility index (Phi) is 5.97. The second kappa shape index (κ2) is 7.60. The van der Waals surface area contributed by atoms with Crippen molar-refractivity contribution in [2.75, 3.05) is 7.05 Å². The minimum atomic E-state index is -3.43. The Bertz CT molecular complexity index is 772. The van der Waals surface area contributed by atoms with Gasteiger partial charge in [0, 0.05) is 24.1 Å². The number of hydrogen-bond acceptors (Lipinski definition) is 6. The molecule has 1 atom stereocenters. The average Bonchev–Trinajstić information content (AvgIpc) is 3.21. The highest BCUT2D eigenvalue weighted by atomic mass is 35.5. The Balaban J connectivity index is 0.00000208. The lowest BCUT2D eigenvalue weighted by Gasteiger charge is -2.05. The molecule has 0 bridgehead atoms. The number of likely N-dealkylation sites (N-methyl/N-ethyl adjacent to an activating group) is 1. The molecule has 1 aromatic heterocycles. The van der Waals surface area contributed by atoms with Gasteiger partial charge in [-0.25, -0.2) is 13.1 Å². The molecule has 1 saturated carbocycles. The molecular weight excluding hydrogens is 352 g/mol. The topological polar surface area (TPSA) is 97.1 Å². The number of nitrogens with zero attached hydrogens (tertiary/aromatic N) is 2. The van der Waals surface area contributed by atoms with Gasteiger partial charge in [-0.05, 0) is 51.1 Å². The zero-order valence-electron chi connectivity index (χ0n) is 13.5. The fraction of sp³-hybridized carbons (Fsp3) is 0.467. The molecule has 132 valence electrons. The van der Waals surface area contributed by atoms with Gasteiger partial charge in [-0.2, -0.15) is 4.98 Å². The highest BCUT2D eigenvalue weighted by molar-refractivity contribution is 7.89. The standard InChI is InChI=1S/C15H20N4O3S.ClH/c1-10(16-2)9-14-17-15(22-18-14)11-3-7-13(8-4-11)23(20,21)19-12-5-6-12;/h3-4,7-8,10,12,16,19H,5-6,9H2,1-2H3;1H. The van der Waals surface area contributed by atoms with Crippen LogP contribution in [0.1, 0.15) is 25.6 Å². The summed E-state index contributed by atoms with van der Waals surface area (Å²) in [6.07, 6.45) is 2.48. The van der Waals surface area contributed by atoms with E-state index in [1.807, 2.05) is 14.0 Å². The Morgan fingerprint density at radius 2 is 1.96 bits per heavy atom. The number of nitrogens with one attached hydrogen (secondary N) is 2. The van der Waals surface area contributed by atoms with Crippen LogP contribution in [0.25, 0.3) is 11.5 Å². The third-order valence-corrected chi connectivity index (χ3v) is 5.30. The molecule has 24 heavy (non-hydrogen) atoms. The first-order chi connectivity index (χ1) is 11.0. The van der Waals surface area contributed by atoms with Crippen molar-refractivity contribution in [2.24, 2.45) is 0 Å².